The van der Waals surface area contributed by atoms with Gasteiger partial charge in [-0.3, -0.25) is 0 Å². The summed E-state index contributed by atoms with van der Waals surface area (Å²) in [5.41, 5.74) is 7.50. The molecule has 1 aromatic rings. The summed E-state index contributed by atoms with van der Waals surface area (Å²) < 4.78 is 27.3. The summed E-state index contributed by atoms with van der Waals surface area (Å²) in [6.07, 6.45) is 0. The largest absolute Gasteiger partial charge is 0.244 e. The SMILES string of the molecule is Cc1ccc(S(=O)(=O)N(CC#C[Si](C)(C)C)CC#C[Si](C)(C)C)cc1. The van der Waals surface area contributed by atoms with E-state index in [0.29, 0.717) is 4.90 Å². The zero-order valence-electron chi connectivity index (χ0n) is 16.4. The van der Waals surface area contributed by atoms with Crippen molar-refractivity contribution in [1.82, 2.24) is 4.31 Å². The van der Waals surface area contributed by atoms with Gasteiger partial charge in [-0.1, -0.05) is 68.8 Å². The summed E-state index contributed by atoms with van der Waals surface area (Å²) in [6.45, 7) is 15.2. The topological polar surface area (TPSA) is 37.4 Å². The van der Waals surface area contributed by atoms with E-state index < -0.39 is 26.2 Å². The number of hydrogen-bond donors (Lipinski definition) is 0. The van der Waals surface area contributed by atoms with Gasteiger partial charge in [0.15, 0.2) is 0 Å². The Morgan fingerprint density at radius 1 is 0.840 bits per heavy atom. The highest BCUT2D eigenvalue weighted by molar-refractivity contribution is 7.89. The Morgan fingerprint density at radius 3 is 1.60 bits per heavy atom. The Balaban J connectivity index is 3.16. The van der Waals surface area contributed by atoms with Crippen molar-refractivity contribution in [2.24, 2.45) is 0 Å². The first-order chi connectivity index (χ1) is 11.3. The number of rotatable bonds is 4. The van der Waals surface area contributed by atoms with Gasteiger partial charge in [0.1, 0.15) is 16.1 Å². The molecule has 0 bridgehead atoms. The molecule has 0 heterocycles. The summed E-state index contributed by atoms with van der Waals surface area (Å²) in [7, 11) is -6.68. The third-order valence-corrected chi connectivity index (χ3v) is 6.76. The van der Waals surface area contributed by atoms with Crippen molar-refractivity contribution in [3.63, 3.8) is 0 Å². The van der Waals surface area contributed by atoms with Crippen molar-refractivity contribution < 1.29 is 8.42 Å². The van der Waals surface area contributed by atoms with Gasteiger partial charge in [-0.05, 0) is 19.1 Å². The summed E-state index contributed by atoms with van der Waals surface area (Å²) >= 11 is 0. The summed E-state index contributed by atoms with van der Waals surface area (Å²) in [6, 6.07) is 6.92. The molecule has 0 atom stereocenters. The molecule has 0 aliphatic rings. The second-order valence-corrected chi connectivity index (χ2v) is 19.6. The van der Waals surface area contributed by atoms with Crippen molar-refractivity contribution in [3.05, 3.63) is 29.8 Å². The number of aryl methyl sites for hydroxylation is 1. The van der Waals surface area contributed by atoms with Gasteiger partial charge in [-0.25, -0.2) is 8.42 Å². The van der Waals surface area contributed by atoms with E-state index in [4.69, 9.17) is 0 Å². The second-order valence-electron chi connectivity index (χ2n) is 8.19. The Bertz CT molecular complexity index is 775. The molecule has 0 amide bonds. The molecule has 6 heteroatoms. The van der Waals surface area contributed by atoms with Crippen molar-refractivity contribution in [2.45, 2.75) is 51.1 Å². The van der Waals surface area contributed by atoms with E-state index in [1.54, 1.807) is 12.1 Å². The van der Waals surface area contributed by atoms with Crippen LogP contribution >= 0.6 is 0 Å². The molecule has 0 aliphatic heterocycles. The molecule has 25 heavy (non-hydrogen) atoms. The molecule has 0 saturated carbocycles. The van der Waals surface area contributed by atoms with Gasteiger partial charge in [-0.15, -0.1) is 11.1 Å². The van der Waals surface area contributed by atoms with Gasteiger partial charge in [0.05, 0.1) is 18.0 Å². The Morgan fingerprint density at radius 2 is 1.24 bits per heavy atom. The third-order valence-electron chi connectivity index (χ3n) is 3.10. The van der Waals surface area contributed by atoms with E-state index in [2.05, 4.69) is 62.2 Å². The highest BCUT2D eigenvalue weighted by Crippen LogP contribution is 2.16. The molecule has 136 valence electrons. The number of sulfonamides is 1. The van der Waals surface area contributed by atoms with Crippen LogP contribution in [0.1, 0.15) is 5.56 Å². The maximum absolute atomic E-state index is 13.0. The number of benzene rings is 1. The van der Waals surface area contributed by atoms with E-state index in [1.807, 2.05) is 19.1 Å². The fourth-order valence-electron chi connectivity index (χ4n) is 1.87. The van der Waals surface area contributed by atoms with Crippen LogP contribution in [0.4, 0.5) is 0 Å². The van der Waals surface area contributed by atoms with Crippen LogP contribution in [-0.4, -0.2) is 42.0 Å². The predicted molar refractivity (Wildman–Crippen MR) is 112 cm³/mol. The number of hydrogen-bond acceptors (Lipinski definition) is 2. The van der Waals surface area contributed by atoms with Crippen LogP contribution in [0.3, 0.4) is 0 Å². The summed E-state index contributed by atoms with van der Waals surface area (Å²) in [4.78, 5) is 0.294. The molecule has 0 saturated heterocycles. The molecular formula is C19H29NO2SSi2. The average Bonchev–Trinajstić information content (AvgIpc) is 2.43. The maximum Gasteiger partial charge on any atom is 0.244 e. The van der Waals surface area contributed by atoms with Crippen LogP contribution < -0.4 is 0 Å². The molecule has 0 fully saturated rings. The zero-order valence-corrected chi connectivity index (χ0v) is 19.2. The van der Waals surface area contributed by atoms with E-state index >= 15 is 0 Å². The summed E-state index contributed by atoms with van der Waals surface area (Å²) in [5.74, 6) is 6.12. The van der Waals surface area contributed by atoms with Gasteiger partial charge in [0.2, 0.25) is 10.0 Å². The standard InChI is InChI=1S/C19H29NO2SSi2/c1-18-10-12-19(13-11-18)23(21,22)20(14-8-16-24(2,3)4)15-9-17-25(5,6)7/h10-13H,14-15H2,1-7H3. The molecule has 0 N–H and O–H groups in total. The lowest BCUT2D eigenvalue weighted by molar-refractivity contribution is 0.482. The quantitative estimate of drug-likeness (QED) is 0.579. The first-order valence-corrected chi connectivity index (χ1v) is 16.8. The van der Waals surface area contributed by atoms with Crippen LogP contribution in [0, 0.1) is 29.9 Å². The Hall–Kier alpha value is -1.32. The zero-order chi connectivity index (χ0) is 19.3. The minimum atomic E-state index is -3.59. The molecule has 3 nitrogen and oxygen atoms in total. The lowest BCUT2D eigenvalue weighted by atomic mass is 10.2. The van der Waals surface area contributed by atoms with Gasteiger partial charge in [0, 0.05) is 0 Å². The highest BCUT2D eigenvalue weighted by atomic mass is 32.2. The fourth-order valence-corrected chi connectivity index (χ4v) is 4.34. The first-order valence-electron chi connectivity index (χ1n) is 8.38. The van der Waals surface area contributed by atoms with E-state index in [9.17, 15) is 8.42 Å². The Labute approximate surface area is 155 Å². The minimum absolute atomic E-state index is 0.181. The monoisotopic (exact) mass is 391 g/mol. The van der Waals surface area contributed by atoms with E-state index in [-0.39, 0.29) is 13.1 Å². The van der Waals surface area contributed by atoms with Gasteiger partial charge in [0.25, 0.3) is 0 Å². The molecule has 0 radical (unpaired) electrons. The lowest BCUT2D eigenvalue weighted by Crippen LogP contribution is -2.32. The van der Waals surface area contributed by atoms with Crippen LogP contribution in [0.15, 0.2) is 29.2 Å². The van der Waals surface area contributed by atoms with Crippen molar-refractivity contribution in [2.75, 3.05) is 13.1 Å². The minimum Gasteiger partial charge on any atom is -0.207 e. The average molecular weight is 392 g/mol. The molecule has 0 aromatic heterocycles. The van der Waals surface area contributed by atoms with Crippen molar-refractivity contribution >= 4 is 26.2 Å². The van der Waals surface area contributed by atoms with Gasteiger partial charge < -0.3 is 0 Å². The highest BCUT2D eigenvalue weighted by Gasteiger charge is 2.23. The molecule has 0 aliphatic carbocycles. The first kappa shape index (κ1) is 21.7. The second kappa shape index (κ2) is 8.38. The maximum atomic E-state index is 13.0. The van der Waals surface area contributed by atoms with Crippen LogP contribution in [-0.2, 0) is 10.0 Å². The molecule has 1 aromatic carbocycles. The molecule has 0 unspecified atom stereocenters. The van der Waals surface area contributed by atoms with Crippen LogP contribution in [0.5, 0.6) is 0 Å². The van der Waals surface area contributed by atoms with Crippen LogP contribution in [0.2, 0.25) is 39.3 Å². The number of nitrogens with zero attached hydrogens (tertiary/aromatic N) is 1. The summed E-state index contributed by atoms with van der Waals surface area (Å²) in [5, 5.41) is 0. The third kappa shape index (κ3) is 8.07. The predicted octanol–water partition coefficient (Wildman–Crippen LogP) is 3.75. The van der Waals surface area contributed by atoms with Crippen molar-refractivity contribution in [3.8, 4) is 22.9 Å². The lowest BCUT2D eigenvalue weighted by Gasteiger charge is -2.18. The Kier molecular flexibility index (Phi) is 7.28. The normalized spacial score (nSPS) is 12.2. The fraction of sp³-hybridized carbons (Fsp3) is 0.474. The molecule has 0 spiro atoms. The molecule has 1 rings (SSSR count). The smallest absolute Gasteiger partial charge is 0.207 e. The van der Waals surface area contributed by atoms with Crippen molar-refractivity contribution in [1.29, 1.82) is 0 Å². The van der Waals surface area contributed by atoms with Crippen LogP contribution in [0.25, 0.3) is 0 Å². The van der Waals surface area contributed by atoms with Gasteiger partial charge >= 0.3 is 0 Å². The van der Waals surface area contributed by atoms with Gasteiger partial charge in [-0.2, -0.15) is 4.31 Å². The van der Waals surface area contributed by atoms with E-state index in [1.165, 1.54) is 4.31 Å². The van der Waals surface area contributed by atoms with E-state index in [0.717, 1.165) is 5.56 Å². The molecular weight excluding hydrogens is 362 g/mol.